The zero-order valence-electron chi connectivity index (χ0n) is 13.2. The molecule has 1 fully saturated rings. The van der Waals surface area contributed by atoms with Gasteiger partial charge in [0.1, 0.15) is 0 Å². The minimum Gasteiger partial charge on any atom is -0.385 e. The van der Waals surface area contributed by atoms with Crippen LogP contribution in [0.15, 0.2) is 24.3 Å². The lowest BCUT2D eigenvalue weighted by molar-refractivity contribution is -0.121. The summed E-state index contributed by atoms with van der Waals surface area (Å²) in [6.07, 6.45) is 4.45. The average Bonchev–Trinajstić information content (AvgIpc) is 2.48. The molecule has 4 heteroatoms. The van der Waals surface area contributed by atoms with Gasteiger partial charge in [0.2, 0.25) is 5.91 Å². The summed E-state index contributed by atoms with van der Waals surface area (Å²) in [6.45, 7) is 6.96. The van der Waals surface area contributed by atoms with E-state index in [0.717, 1.165) is 5.69 Å². The molecular weight excluding hydrogens is 262 g/mol. The van der Waals surface area contributed by atoms with Crippen LogP contribution in [0.25, 0.3) is 0 Å². The van der Waals surface area contributed by atoms with Crippen molar-refractivity contribution in [1.82, 2.24) is 5.32 Å². The molecule has 1 amide bonds. The van der Waals surface area contributed by atoms with Gasteiger partial charge in [0, 0.05) is 43.5 Å². The van der Waals surface area contributed by atoms with Crippen molar-refractivity contribution in [3.8, 4) is 0 Å². The third-order valence-electron chi connectivity index (χ3n) is 3.72. The molecule has 1 aromatic carbocycles. The number of amides is 1. The van der Waals surface area contributed by atoms with Crippen LogP contribution in [-0.4, -0.2) is 31.6 Å². The second-order valence-electron chi connectivity index (χ2n) is 5.99. The number of piperidine rings is 1. The van der Waals surface area contributed by atoms with Gasteiger partial charge < -0.3 is 15.5 Å². The Bertz CT molecular complexity index is 436. The Balaban J connectivity index is 1.75. The number of benzene rings is 1. The maximum atomic E-state index is 11.5. The van der Waals surface area contributed by atoms with E-state index in [2.05, 4.69) is 39.8 Å². The highest BCUT2D eigenvalue weighted by molar-refractivity contribution is 5.76. The lowest BCUT2D eigenvalue weighted by atomic mass is 10.1. The first-order valence-electron chi connectivity index (χ1n) is 8.03. The summed E-state index contributed by atoms with van der Waals surface area (Å²) in [4.78, 5) is 14.0. The second-order valence-corrected chi connectivity index (χ2v) is 5.99. The van der Waals surface area contributed by atoms with Crippen LogP contribution in [-0.2, 0) is 4.79 Å². The first kappa shape index (κ1) is 15.7. The monoisotopic (exact) mass is 289 g/mol. The molecule has 1 aromatic rings. The predicted octanol–water partition coefficient (Wildman–Crippen LogP) is 3.00. The highest BCUT2D eigenvalue weighted by Crippen LogP contribution is 2.21. The molecule has 0 spiro atoms. The molecule has 0 atom stereocenters. The molecule has 4 nitrogen and oxygen atoms in total. The molecule has 116 valence electrons. The SMILES string of the molecule is CC(C)NC(=O)CCNc1ccc(N2CCCCC2)cc1. The van der Waals surface area contributed by atoms with Gasteiger partial charge in [-0.05, 0) is 57.4 Å². The Morgan fingerprint density at radius 2 is 1.81 bits per heavy atom. The van der Waals surface area contributed by atoms with Gasteiger partial charge in [-0.25, -0.2) is 0 Å². The van der Waals surface area contributed by atoms with Gasteiger partial charge >= 0.3 is 0 Å². The largest absolute Gasteiger partial charge is 0.385 e. The zero-order chi connectivity index (χ0) is 15.1. The van der Waals surface area contributed by atoms with Crippen LogP contribution < -0.4 is 15.5 Å². The fourth-order valence-electron chi connectivity index (χ4n) is 2.66. The Morgan fingerprint density at radius 3 is 2.43 bits per heavy atom. The van der Waals surface area contributed by atoms with Gasteiger partial charge in [-0.1, -0.05) is 0 Å². The first-order valence-corrected chi connectivity index (χ1v) is 8.03. The van der Waals surface area contributed by atoms with Crippen molar-refractivity contribution >= 4 is 17.3 Å². The van der Waals surface area contributed by atoms with Crippen molar-refractivity contribution in [1.29, 1.82) is 0 Å². The summed E-state index contributed by atoms with van der Waals surface area (Å²) in [7, 11) is 0. The Kier molecular flexibility index (Phi) is 5.90. The molecule has 1 aliphatic rings. The van der Waals surface area contributed by atoms with Crippen molar-refractivity contribution in [2.45, 2.75) is 45.6 Å². The normalized spacial score (nSPS) is 15.1. The van der Waals surface area contributed by atoms with E-state index in [1.807, 2.05) is 13.8 Å². The highest BCUT2D eigenvalue weighted by Gasteiger charge is 2.10. The van der Waals surface area contributed by atoms with E-state index in [0.29, 0.717) is 13.0 Å². The summed E-state index contributed by atoms with van der Waals surface area (Å²) in [6, 6.07) is 8.75. The highest BCUT2D eigenvalue weighted by atomic mass is 16.1. The fourth-order valence-corrected chi connectivity index (χ4v) is 2.66. The maximum absolute atomic E-state index is 11.5. The number of carbonyl (C=O) groups excluding carboxylic acids is 1. The quantitative estimate of drug-likeness (QED) is 0.846. The third-order valence-corrected chi connectivity index (χ3v) is 3.72. The summed E-state index contributed by atoms with van der Waals surface area (Å²) in [5, 5.41) is 6.20. The molecular formula is C17H27N3O. The Labute approximate surface area is 127 Å². The fraction of sp³-hybridized carbons (Fsp3) is 0.588. The summed E-state index contributed by atoms with van der Waals surface area (Å²) in [5.41, 5.74) is 2.38. The number of carbonyl (C=O) groups is 1. The van der Waals surface area contributed by atoms with E-state index in [-0.39, 0.29) is 11.9 Å². The molecule has 2 N–H and O–H groups in total. The van der Waals surface area contributed by atoms with Crippen molar-refractivity contribution in [2.24, 2.45) is 0 Å². The first-order chi connectivity index (χ1) is 10.1. The lowest BCUT2D eigenvalue weighted by Gasteiger charge is -2.28. The van der Waals surface area contributed by atoms with Gasteiger partial charge in [-0.2, -0.15) is 0 Å². The summed E-state index contributed by atoms with van der Waals surface area (Å²) >= 11 is 0. The van der Waals surface area contributed by atoms with Crippen LogP contribution in [0, 0.1) is 0 Å². The number of rotatable bonds is 6. The van der Waals surface area contributed by atoms with E-state index in [4.69, 9.17) is 0 Å². The number of nitrogens with one attached hydrogen (secondary N) is 2. The van der Waals surface area contributed by atoms with Crippen molar-refractivity contribution in [3.05, 3.63) is 24.3 Å². The molecule has 0 aromatic heterocycles. The standard InChI is InChI=1S/C17H27N3O/c1-14(2)19-17(21)10-11-18-15-6-8-16(9-7-15)20-12-4-3-5-13-20/h6-9,14,18H,3-5,10-13H2,1-2H3,(H,19,21). The van der Waals surface area contributed by atoms with Crippen LogP contribution in [0.1, 0.15) is 39.5 Å². The zero-order valence-corrected chi connectivity index (χ0v) is 13.2. The van der Waals surface area contributed by atoms with Gasteiger partial charge in [0.15, 0.2) is 0 Å². The number of hydrogen-bond donors (Lipinski definition) is 2. The smallest absolute Gasteiger partial charge is 0.221 e. The second kappa shape index (κ2) is 7.91. The average molecular weight is 289 g/mol. The van der Waals surface area contributed by atoms with Crippen LogP contribution in [0.2, 0.25) is 0 Å². The molecule has 1 aliphatic heterocycles. The number of anilines is 2. The van der Waals surface area contributed by atoms with E-state index in [1.165, 1.54) is 38.0 Å². The van der Waals surface area contributed by atoms with Gasteiger partial charge in [-0.15, -0.1) is 0 Å². The molecule has 0 unspecified atom stereocenters. The molecule has 1 heterocycles. The topological polar surface area (TPSA) is 44.4 Å². The molecule has 0 saturated carbocycles. The van der Waals surface area contributed by atoms with Crippen LogP contribution in [0.3, 0.4) is 0 Å². The predicted molar refractivity (Wildman–Crippen MR) is 88.9 cm³/mol. The minimum absolute atomic E-state index is 0.0995. The van der Waals surface area contributed by atoms with Crippen LogP contribution >= 0.6 is 0 Å². The minimum atomic E-state index is 0.0995. The van der Waals surface area contributed by atoms with Crippen LogP contribution in [0.5, 0.6) is 0 Å². The number of hydrogen-bond acceptors (Lipinski definition) is 3. The number of nitrogens with zero attached hydrogens (tertiary/aromatic N) is 1. The van der Waals surface area contributed by atoms with Crippen LogP contribution in [0.4, 0.5) is 11.4 Å². The maximum Gasteiger partial charge on any atom is 0.221 e. The van der Waals surface area contributed by atoms with Gasteiger partial charge in [-0.3, -0.25) is 4.79 Å². The summed E-state index contributed by atoms with van der Waals surface area (Å²) < 4.78 is 0. The Hall–Kier alpha value is -1.71. The van der Waals surface area contributed by atoms with E-state index >= 15 is 0 Å². The van der Waals surface area contributed by atoms with Gasteiger partial charge in [0.25, 0.3) is 0 Å². The van der Waals surface area contributed by atoms with Crippen molar-refractivity contribution in [3.63, 3.8) is 0 Å². The summed E-state index contributed by atoms with van der Waals surface area (Å²) in [5.74, 6) is 0.0995. The van der Waals surface area contributed by atoms with Gasteiger partial charge in [0.05, 0.1) is 0 Å². The van der Waals surface area contributed by atoms with E-state index in [1.54, 1.807) is 0 Å². The molecule has 0 aliphatic carbocycles. The van der Waals surface area contributed by atoms with Crippen molar-refractivity contribution in [2.75, 3.05) is 29.9 Å². The molecule has 21 heavy (non-hydrogen) atoms. The Morgan fingerprint density at radius 1 is 1.14 bits per heavy atom. The lowest BCUT2D eigenvalue weighted by Crippen LogP contribution is -2.31. The molecule has 2 rings (SSSR count). The molecule has 1 saturated heterocycles. The van der Waals surface area contributed by atoms with Crippen molar-refractivity contribution < 1.29 is 4.79 Å². The molecule has 0 radical (unpaired) electrons. The third kappa shape index (κ3) is 5.29. The van der Waals surface area contributed by atoms with E-state index < -0.39 is 0 Å². The molecule has 0 bridgehead atoms. The van der Waals surface area contributed by atoms with E-state index in [9.17, 15) is 4.79 Å².